The number of phenolic OH excluding ortho intramolecular Hbond substituents is 1. The van der Waals surface area contributed by atoms with Gasteiger partial charge in [-0.3, -0.25) is 4.79 Å². The molecule has 0 spiro atoms. The quantitative estimate of drug-likeness (QED) is 0.825. The summed E-state index contributed by atoms with van der Waals surface area (Å²) in [6.45, 7) is 0. The van der Waals surface area contributed by atoms with Crippen molar-refractivity contribution in [2.75, 3.05) is 11.6 Å². The zero-order valence-corrected chi connectivity index (χ0v) is 13.4. The highest BCUT2D eigenvalue weighted by atomic mass is 32.2. The van der Waals surface area contributed by atoms with E-state index in [1.807, 2.05) is 12.3 Å². The molecule has 0 unspecified atom stereocenters. The van der Waals surface area contributed by atoms with E-state index < -0.39 is 0 Å². The molecule has 0 saturated heterocycles. The third kappa shape index (κ3) is 2.31. The van der Waals surface area contributed by atoms with Gasteiger partial charge >= 0.3 is 0 Å². The van der Waals surface area contributed by atoms with E-state index >= 15 is 0 Å². The predicted molar refractivity (Wildman–Crippen MR) is 87.6 cm³/mol. The molecule has 1 aromatic carbocycles. The normalized spacial score (nSPS) is 20.0. The lowest BCUT2D eigenvalue weighted by Gasteiger charge is -2.32. The SMILES string of the molecule is CSc1nc2n(n1)[C@H](c1cccc(O)c1)C1=C(CCCC1=O)N2. The summed E-state index contributed by atoms with van der Waals surface area (Å²) < 4.78 is 1.75. The Balaban J connectivity index is 1.92. The van der Waals surface area contributed by atoms with Gasteiger partial charge in [0.15, 0.2) is 5.78 Å². The van der Waals surface area contributed by atoms with Gasteiger partial charge in [-0.1, -0.05) is 23.9 Å². The molecule has 6 nitrogen and oxygen atoms in total. The lowest BCUT2D eigenvalue weighted by atomic mass is 9.85. The molecule has 0 bridgehead atoms. The number of aromatic nitrogens is 3. The number of carbonyl (C=O) groups excluding carboxylic acids is 1. The minimum absolute atomic E-state index is 0.138. The first-order chi connectivity index (χ1) is 11.2. The van der Waals surface area contributed by atoms with Crippen molar-refractivity contribution >= 4 is 23.5 Å². The van der Waals surface area contributed by atoms with Crippen LogP contribution in [0.1, 0.15) is 30.9 Å². The summed E-state index contributed by atoms with van der Waals surface area (Å²) in [5.74, 6) is 0.966. The molecule has 23 heavy (non-hydrogen) atoms. The van der Waals surface area contributed by atoms with Crippen LogP contribution in [0.15, 0.2) is 40.7 Å². The molecule has 1 aromatic heterocycles. The van der Waals surface area contributed by atoms with E-state index in [-0.39, 0.29) is 17.6 Å². The van der Waals surface area contributed by atoms with Crippen LogP contribution in [0.2, 0.25) is 0 Å². The van der Waals surface area contributed by atoms with Crippen LogP contribution in [0.5, 0.6) is 5.75 Å². The van der Waals surface area contributed by atoms with Gasteiger partial charge in [0.1, 0.15) is 11.8 Å². The summed E-state index contributed by atoms with van der Waals surface area (Å²) >= 11 is 1.46. The number of anilines is 1. The molecule has 2 aromatic rings. The number of hydrogen-bond acceptors (Lipinski definition) is 6. The van der Waals surface area contributed by atoms with Gasteiger partial charge in [0, 0.05) is 17.7 Å². The highest BCUT2D eigenvalue weighted by molar-refractivity contribution is 7.98. The largest absolute Gasteiger partial charge is 0.508 e. The molecule has 1 aliphatic heterocycles. The van der Waals surface area contributed by atoms with Gasteiger partial charge in [-0.15, -0.1) is 5.10 Å². The fraction of sp³-hybridized carbons (Fsp3) is 0.312. The number of phenols is 1. The topological polar surface area (TPSA) is 80.0 Å². The summed E-state index contributed by atoms with van der Waals surface area (Å²) in [6, 6.07) is 6.67. The third-order valence-corrected chi connectivity index (χ3v) is 4.76. The van der Waals surface area contributed by atoms with E-state index in [9.17, 15) is 9.90 Å². The summed E-state index contributed by atoms with van der Waals surface area (Å²) in [5, 5.41) is 18.3. The van der Waals surface area contributed by atoms with Gasteiger partial charge in [-0.05, 0) is 36.8 Å². The van der Waals surface area contributed by atoms with Gasteiger partial charge in [-0.2, -0.15) is 4.98 Å². The van der Waals surface area contributed by atoms with Crippen molar-refractivity contribution in [3.63, 3.8) is 0 Å². The Morgan fingerprint density at radius 2 is 2.26 bits per heavy atom. The van der Waals surface area contributed by atoms with Crippen LogP contribution in [-0.4, -0.2) is 31.9 Å². The standard InChI is InChI=1S/C16H16N4O2S/c1-23-16-18-15-17-11-6-3-7-12(22)13(11)14(20(15)19-16)9-4-2-5-10(21)8-9/h2,4-5,8,14,21H,3,6-7H2,1H3,(H,17,18,19)/t14-/m1/s1. The number of ketones is 1. The third-order valence-electron chi connectivity index (χ3n) is 4.22. The van der Waals surface area contributed by atoms with Crippen molar-refractivity contribution in [3.8, 4) is 5.75 Å². The van der Waals surface area contributed by atoms with E-state index in [1.165, 1.54) is 11.8 Å². The molecular formula is C16H16N4O2S. The molecule has 118 valence electrons. The first-order valence-electron chi connectivity index (χ1n) is 7.50. The Kier molecular flexibility index (Phi) is 3.37. The first kappa shape index (κ1) is 14.3. The molecule has 1 aliphatic carbocycles. The number of carbonyl (C=O) groups is 1. The Labute approximate surface area is 137 Å². The van der Waals surface area contributed by atoms with Crippen molar-refractivity contribution in [2.45, 2.75) is 30.5 Å². The zero-order chi connectivity index (χ0) is 16.0. The van der Waals surface area contributed by atoms with Gasteiger partial charge in [0.25, 0.3) is 0 Å². The molecule has 1 atom stereocenters. The van der Waals surface area contributed by atoms with Crippen molar-refractivity contribution in [3.05, 3.63) is 41.1 Å². The molecule has 2 heterocycles. The molecule has 0 amide bonds. The van der Waals surface area contributed by atoms with Crippen LogP contribution in [0.4, 0.5) is 5.95 Å². The molecular weight excluding hydrogens is 312 g/mol. The zero-order valence-electron chi connectivity index (χ0n) is 12.6. The highest BCUT2D eigenvalue weighted by Gasteiger charge is 2.36. The number of nitrogens with one attached hydrogen (secondary N) is 1. The molecule has 0 fully saturated rings. The Morgan fingerprint density at radius 3 is 3.04 bits per heavy atom. The minimum Gasteiger partial charge on any atom is -0.508 e. The molecule has 4 rings (SSSR count). The lowest BCUT2D eigenvalue weighted by Crippen LogP contribution is -2.31. The van der Waals surface area contributed by atoms with Gasteiger partial charge in [0.05, 0.1) is 0 Å². The van der Waals surface area contributed by atoms with Crippen LogP contribution >= 0.6 is 11.8 Å². The summed E-state index contributed by atoms with van der Waals surface area (Å²) in [6.07, 6.45) is 4.15. The van der Waals surface area contributed by atoms with Crippen LogP contribution in [0.3, 0.4) is 0 Å². The van der Waals surface area contributed by atoms with Crippen LogP contribution in [-0.2, 0) is 4.79 Å². The van der Waals surface area contributed by atoms with Crippen LogP contribution < -0.4 is 5.32 Å². The Morgan fingerprint density at radius 1 is 1.39 bits per heavy atom. The number of allylic oxidation sites excluding steroid dienone is 2. The minimum atomic E-state index is -0.338. The van der Waals surface area contributed by atoms with E-state index in [1.54, 1.807) is 22.9 Å². The number of benzene rings is 1. The first-order valence-corrected chi connectivity index (χ1v) is 8.72. The number of Topliss-reactive ketones (excluding diaryl/α,β-unsaturated/α-hetero) is 1. The summed E-state index contributed by atoms with van der Waals surface area (Å²) in [4.78, 5) is 17.0. The van der Waals surface area contributed by atoms with Crippen molar-refractivity contribution in [1.29, 1.82) is 0 Å². The van der Waals surface area contributed by atoms with Gasteiger partial charge in [-0.25, -0.2) is 4.68 Å². The number of aromatic hydroxyl groups is 1. The second-order valence-corrected chi connectivity index (χ2v) is 6.43. The number of fused-ring (bicyclic) bond motifs is 1. The Bertz CT molecular complexity index is 827. The average molecular weight is 328 g/mol. The van der Waals surface area contributed by atoms with E-state index in [4.69, 9.17) is 0 Å². The predicted octanol–water partition coefficient (Wildman–Crippen LogP) is 2.73. The highest BCUT2D eigenvalue weighted by Crippen LogP contribution is 2.40. The molecule has 0 radical (unpaired) electrons. The molecule has 7 heteroatoms. The molecule has 0 saturated carbocycles. The summed E-state index contributed by atoms with van der Waals surface area (Å²) in [7, 11) is 0. The van der Waals surface area contributed by atoms with Crippen molar-refractivity contribution < 1.29 is 9.90 Å². The number of thioether (sulfide) groups is 1. The van der Waals surface area contributed by atoms with E-state index in [2.05, 4.69) is 15.4 Å². The maximum atomic E-state index is 12.6. The smallest absolute Gasteiger partial charge is 0.227 e. The number of nitrogens with zero attached hydrogens (tertiary/aromatic N) is 3. The van der Waals surface area contributed by atoms with Crippen molar-refractivity contribution in [2.24, 2.45) is 0 Å². The van der Waals surface area contributed by atoms with Crippen LogP contribution in [0, 0.1) is 0 Å². The van der Waals surface area contributed by atoms with Gasteiger partial charge < -0.3 is 10.4 Å². The number of hydrogen-bond donors (Lipinski definition) is 2. The van der Waals surface area contributed by atoms with E-state index in [0.717, 1.165) is 29.7 Å². The van der Waals surface area contributed by atoms with Crippen molar-refractivity contribution in [1.82, 2.24) is 14.8 Å². The van der Waals surface area contributed by atoms with Crippen LogP contribution in [0.25, 0.3) is 0 Å². The fourth-order valence-corrected chi connectivity index (χ4v) is 3.57. The van der Waals surface area contributed by atoms with E-state index in [0.29, 0.717) is 17.5 Å². The van der Waals surface area contributed by atoms with Gasteiger partial charge in [0.2, 0.25) is 11.1 Å². The summed E-state index contributed by atoms with van der Waals surface area (Å²) in [5.41, 5.74) is 2.52. The second-order valence-electron chi connectivity index (χ2n) is 5.66. The second kappa shape index (κ2) is 5.42. The number of rotatable bonds is 2. The maximum Gasteiger partial charge on any atom is 0.227 e. The fourth-order valence-electron chi connectivity index (χ4n) is 3.23. The Hall–Kier alpha value is -2.28. The average Bonchev–Trinajstić information content (AvgIpc) is 2.96. The molecule has 2 aliphatic rings. The maximum absolute atomic E-state index is 12.6. The lowest BCUT2D eigenvalue weighted by molar-refractivity contribution is -0.116. The molecule has 2 N–H and O–H groups in total. The monoisotopic (exact) mass is 328 g/mol.